The summed E-state index contributed by atoms with van der Waals surface area (Å²) < 4.78 is 6.69. The molecule has 0 saturated heterocycles. The van der Waals surface area contributed by atoms with Gasteiger partial charge in [0.1, 0.15) is 0 Å². The van der Waals surface area contributed by atoms with Crippen LogP contribution in [0.5, 0.6) is 0 Å². The van der Waals surface area contributed by atoms with Gasteiger partial charge in [0.2, 0.25) is 0 Å². The van der Waals surface area contributed by atoms with Crippen LogP contribution < -0.4 is 0 Å². The smallest absolute Gasteiger partial charge is 0.192 e. The first-order valence-electron chi connectivity index (χ1n) is 8.57. The molecule has 0 heterocycles. The number of hydrogen-bond donors (Lipinski definition) is 1. The predicted molar refractivity (Wildman–Crippen MR) is 93.4 cm³/mol. The first kappa shape index (κ1) is 16.2. The van der Waals surface area contributed by atoms with E-state index in [1.54, 1.807) is 0 Å². The first-order chi connectivity index (χ1) is 10.1. The standard InChI is InChI=1S/C19H30O2Si/c1-18(2,3)22(4,5)21-17-12-15-13-19(15,20)16(17)11-14-9-7-6-8-10-14/h6-10,15-17,20H,11-13H2,1-5H3/t15?,16-,17-,19-/m0/s1. The summed E-state index contributed by atoms with van der Waals surface area (Å²) in [5.41, 5.74) is 0.861. The molecule has 0 amide bonds. The Morgan fingerprint density at radius 2 is 1.86 bits per heavy atom. The molecule has 2 nitrogen and oxygen atoms in total. The Bertz CT molecular complexity index is 534. The number of fused-ring (bicyclic) bond motifs is 1. The van der Waals surface area contributed by atoms with Crippen LogP contribution in [0.1, 0.15) is 39.2 Å². The fraction of sp³-hybridized carbons (Fsp3) is 0.684. The van der Waals surface area contributed by atoms with E-state index in [-0.39, 0.29) is 17.1 Å². The lowest BCUT2D eigenvalue weighted by Crippen LogP contribution is -2.46. The summed E-state index contributed by atoms with van der Waals surface area (Å²) in [6.07, 6.45) is 3.18. The zero-order valence-corrected chi connectivity index (χ0v) is 15.6. The Morgan fingerprint density at radius 1 is 1.23 bits per heavy atom. The quantitative estimate of drug-likeness (QED) is 0.834. The van der Waals surface area contributed by atoms with Crippen molar-refractivity contribution in [3.8, 4) is 0 Å². The molecule has 1 unspecified atom stereocenters. The van der Waals surface area contributed by atoms with Crippen LogP contribution in [0.25, 0.3) is 0 Å². The zero-order chi connectivity index (χ0) is 16.2. The van der Waals surface area contributed by atoms with Crippen LogP contribution in [0.2, 0.25) is 18.1 Å². The van der Waals surface area contributed by atoms with E-state index in [0.717, 1.165) is 19.3 Å². The molecule has 3 rings (SSSR count). The molecule has 0 aromatic heterocycles. The van der Waals surface area contributed by atoms with Crippen molar-refractivity contribution < 1.29 is 9.53 Å². The Kier molecular flexibility index (Phi) is 3.82. The van der Waals surface area contributed by atoms with Gasteiger partial charge in [-0.25, -0.2) is 0 Å². The Balaban J connectivity index is 1.77. The highest BCUT2D eigenvalue weighted by Gasteiger charge is 2.66. The molecule has 4 atom stereocenters. The first-order valence-corrected chi connectivity index (χ1v) is 11.5. The summed E-state index contributed by atoms with van der Waals surface area (Å²) >= 11 is 0. The maximum Gasteiger partial charge on any atom is 0.192 e. The van der Waals surface area contributed by atoms with Gasteiger partial charge in [0, 0.05) is 5.92 Å². The van der Waals surface area contributed by atoms with Crippen molar-refractivity contribution in [2.24, 2.45) is 11.8 Å². The van der Waals surface area contributed by atoms with Crippen molar-refractivity contribution in [1.82, 2.24) is 0 Å². The van der Waals surface area contributed by atoms with Crippen LogP contribution >= 0.6 is 0 Å². The largest absolute Gasteiger partial charge is 0.414 e. The summed E-state index contributed by atoms with van der Waals surface area (Å²) in [4.78, 5) is 0. The maximum atomic E-state index is 10.9. The van der Waals surface area contributed by atoms with E-state index in [4.69, 9.17) is 4.43 Å². The minimum atomic E-state index is -1.78. The van der Waals surface area contributed by atoms with Gasteiger partial charge in [-0.1, -0.05) is 51.1 Å². The van der Waals surface area contributed by atoms with Crippen molar-refractivity contribution in [3.63, 3.8) is 0 Å². The molecule has 1 N–H and O–H groups in total. The molecule has 2 aliphatic rings. The highest BCUT2D eigenvalue weighted by molar-refractivity contribution is 6.74. The van der Waals surface area contributed by atoms with Gasteiger partial charge in [0.15, 0.2) is 8.32 Å². The van der Waals surface area contributed by atoms with E-state index in [9.17, 15) is 5.11 Å². The van der Waals surface area contributed by atoms with Crippen LogP contribution in [0, 0.1) is 11.8 Å². The van der Waals surface area contributed by atoms with Gasteiger partial charge in [-0.05, 0) is 48.9 Å². The van der Waals surface area contributed by atoms with Gasteiger partial charge in [0.05, 0.1) is 11.7 Å². The van der Waals surface area contributed by atoms with Crippen LogP contribution in [0.4, 0.5) is 0 Å². The van der Waals surface area contributed by atoms with E-state index in [0.29, 0.717) is 5.92 Å². The fourth-order valence-corrected chi connectivity index (χ4v) is 5.08. The molecule has 2 fully saturated rings. The summed E-state index contributed by atoms with van der Waals surface area (Å²) in [7, 11) is -1.78. The maximum absolute atomic E-state index is 10.9. The molecule has 0 aliphatic heterocycles. The predicted octanol–water partition coefficient (Wildman–Crippen LogP) is 4.39. The summed E-state index contributed by atoms with van der Waals surface area (Å²) in [6, 6.07) is 10.6. The van der Waals surface area contributed by atoms with E-state index < -0.39 is 13.9 Å². The highest BCUT2D eigenvalue weighted by atomic mass is 28.4. The lowest BCUT2D eigenvalue weighted by Gasteiger charge is -2.41. The summed E-state index contributed by atoms with van der Waals surface area (Å²) in [6.45, 7) is 11.5. The summed E-state index contributed by atoms with van der Waals surface area (Å²) in [5.74, 6) is 0.727. The molecule has 1 aromatic carbocycles. The van der Waals surface area contributed by atoms with Crippen molar-refractivity contribution in [1.29, 1.82) is 0 Å². The molecule has 122 valence electrons. The van der Waals surface area contributed by atoms with E-state index >= 15 is 0 Å². The van der Waals surface area contributed by atoms with Crippen LogP contribution in [0.15, 0.2) is 30.3 Å². The minimum absolute atomic E-state index is 0.222. The van der Waals surface area contributed by atoms with Crippen molar-refractivity contribution in [2.45, 2.75) is 69.9 Å². The molecular weight excluding hydrogens is 288 g/mol. The minimum Gasteiger partial charge on any atom is -0.414 e. The fourth-order valence-electron chi connectivity index (χ4n) is 3.71. The Hall–Kier alpha value is -0.643. The summed E-state index contributed by atoms with van der Waals surface area (Å²) in [5, 5.41) is 11.1. The van der Waals surface area contributed by atoms with Gasteiger partial charge in [-0.15, -0.1) is 0 Å². The second-order valence-electron chi connectivity index (χ2n) is 8.84. The van der Waals surface area contributed by atoms with Crippen molar-refractivity contribution in [2.75, 3.05) is 0 Å². The third kappa shape index (κ3) is 2.79. The Morgan fingerprint density at radius 3 is 2.45 bits per heavy atom. The normalized spacial score (nSPS) is 34.5. The zero-order valence-electron chi connectivity index (χ0n) is 14.6. The second-order valence-corrected chi connectivity index (χ2v) is 13.6. The Labute approximate surface area is 136 Å². The van der Waals surface area contributed by atoms with Gasteiger partial charge in [0.25, 0.3) is 0 Å². The lowest BCUT2D eigenvalue weighted by molar-refractivity contribution is 0.0323. The SMILES string of the molecule is CC(C)(C)[Si](C)(C)O[C@H]1CC2C[C@@]2(O)[C@H]1Cc1ccccc1. The average Bonchev–Trinajstić information content (AvgIpc) is 2.99. The molecule has 3 heteroatoms. The van der Waals surface area contributed by atoms with Crippen LogP contribution in [-0.2, 0) is 10.8 Å². The monoisotopic (exact) mass is 318 g/mol. The molecule has 1 aromatic rings. The van der Waals surface area contributed by atoms with Crippen LogP contribution in [0.3, 0.4) is 0 Å². The number of aliphatic hydroxyl groups is 1. The molecule has 22 heavy (non-hydrogen) atoms. The van der Waals surface area contributed by atoms with Crippen molar-refractivity contribution in [3.05, 3.63) is 35.9 Å². The topological polar surface area (TPSA) is 29.5 Å². The third-order valence-electron chi connectivity index (χ3n) is 6.28. The van der Waals surface area contributed by atoms with Crippen LogP contribution in [-0.4, -0.2) is 25.1 Å². The number of benzene rings is 1. The number of hydrogen-bond acceptors (Lipinski definition) is 2. The van der Waals surface area contributed by atoms with Crippen molar-refractivity contribution >= 4 is 8.32 Å². The molecule has 0 bridgehead atoms. The lowest BCUT2D eigenvalue weighted by atomic mass is 9.90. The highest BCUT2D eigenvalue weighted by Crippen LogP contribution is 2.61. The third-order valence-corrected chi connectivity index (χ3v) is 10.8. The molecule has 0 spiro atoms. The average molecular weight is 319 g/mol. The van der Waals surface area contributed by atoms with Gasteiger partial charge < -0.3 is 9.53 Å². The molecule has 2 saturated carbocycles. The second kappa shape index (κ2) is 5.18. The van der Waals surface area contributed by atoms with E-state index in [1.165, 1.54) is 5.56 Å². The van der Waals surface area contributed by atoms with E-state index in [1.807, 2.05) is 0 Å². The number of rotatable bonds is 4. The van der Waals surface area contributed by atoms with Gasteiger partial charge in [-0.3, -0.25) is 0 Å². The molecular formula is C19H30O2Si. The van der Waals surface area contributed by atoms with E-state index in [2.05, 4.69) is 64.2 Å². The molecule has 0 radical (unpaired) electrons. The van der Waals surface area contributed by atoms with Gasteiger partial charge >= 0.3 is 0 Å². The molecule has 2 aliphatic carbocycles. The van der Waals surface area contributed by atoms with Gasteiger partial charge in [-0.2, -0.15) is 0 Å².